The molecule has 38 heavy (non-hydrogen) atoms. The molecule has 2 N–H and O–H groups in total. The Morgan fingerprint density at radius 3 is 2.45 bits per heavy atom. The van der Waals surface area contributed by atoms with Gasteiger partial charge >= 0.3 is 6.18 Å². The fourth-order valence-electron chi connectivity index (χ4n) is 4.91. The number of benzene rings is 3. The molecular formula is C30H31F3N2O3. The number of H-pyrrole nitrogens is 1. The van der Waals surface area contributed by atoms with Gasteiger partial charge in [-0.2, -0.15) is 13.2 Å². The molecule has 8 heteroatoms. The molecule has 0 aliphatic rings. The maximum absolute atomic E-state index is 14.0. The van der Waals surface area contributed by atoms with E-state index in [-0.39, 0.29) is 17.9 Å². The molecule has 3 aromatic carbocycles. The number of methoxy groups -OCH3 is 2. The molecule has 0 bridgehead atoms. The van der Waals surface area contributed by atoms with E-state index in [9.17, 15) is 18.0 Å². The lowest BCUT2D eigenvalue weighted by atomic mass is 9.84. The molecular weight excluding hydrogens is 493 g/mol. The maximum atomic E-state index is 14.0. The van der Waals surface area contributed by atoms with Crippen molar-refractivity contribution in [2.45, 2.75) is 38.3 Å². The van der Waals surface area contributed by atoms with Crippen LogP contribution in [0.15, 0.2) is 66.9 Å². The van der Waals surface area contributed by atoms with Gasteiger partial charge in [0.05, 0.1) is 19.8 Å². The average molecular weight is 525 g/mol. The fourth-order valence-corrected chi connectivity index (χ4v) is 4.91. The number of rotatable bonds is 10. The van der Waals surface area contributed by atoms with Crippen molar-refractivity contribution < 1.29 is 27.4 Å². The Kier molecular flexibility index (Phi) is 8.29. The van der Waals surface area contributed by atoms with Crippen molar-refractivity contribution >= 4 is 16.8 Å². The molecule has 1 unspecified atom stereocenters. The normalized spacial score (nSPS) is 12.4. The predicted molar refractivity (Wildman–Crippen MR) is 142 cm³/mol. The van der Waals surface area contributed by atoms with E-state index in [0.29, 0.717) is 30.0 Å². The number of amides is 1. The number of hydrogen-bond acceptors (Lipinski definition) is 3. The van der Waals surface area contributed by atoms with Gasteiger partial charge in [-0.25, -0.2) is 0 Å². The standard InChI is InChI=1S/C30H31F3N2O3/c1-4-20-8-7-10-22-24(18-35-29(20)22)23(21-9-5-6-11-25(21)30(31,32)33)17-28(36)34-15-14-19-12-13-26(37-2)27(16-19)38-3/h5-13,16,18,23,35H,4,14-15,17H2,1-3H3,(H,34,36). The van der Waals surface area contributed by atoms with Gasteiger partial charge in [0.2, 0.25) is 5.91 Å². The largest absolute Gasteiger partial charge is 0.493 e. The van der Waals surface area contributed by atoms with Gasteiger partial charge in [0.15, 0.2) is 11.5 Å². The minimum Gasteiger partial charge on any atom is -0.493 e. The first-order chi connectivity index (χ1) is 18.3. The number of nitrogens with one attached hydrogen (secondary N) is 2. The molecule has 0 aliphatic carbocycles. The molecule has 1 atom stereocenters. The molecule has 1 amide bonds. The van der Waals surface area contributed by atoms with Crippen molar-refractivity contribution in [2.24, 2.45) is 0 Å². The topological polar surface area (TPSA) is 63.4 Å². The van der Waals surface area contributed by atoms with Gasteiger partial charge in [-0.1, -0.05) is 49.4 Å². The van der Waals surface area contributed by atoms with Crippen molar-refractivity contribution in [3.8, 4) is 11.5 Å². The summed E-state index contributed by atoms with van der Waals surface area (Å²) in [5.74, 6) is 0.0885. The number of ether oxygens (including phenoxy) is 2. The van der Waals surface area contributed by atoms with Crippen LogP contribution in [0.3, 0.4) is 0 Å². The van der Waals surface area contributed by atoms with Crippen LogP contribution >= 0.6 is 0 Å². The highest BCUT2D eigenvalue weighted by atomic mass is 19.4. The number of aryl methyl sites for hydroxylation is 1. The zero-order valence-electron chi connectivity index (χ0n) is 21.6. The van der Waals surface area contributed by atoms with Gasteiger partial charge in [0.25, 0.3) is 0 Å². The number of para-hydroxylation sites is 1. The summed E-state index contributed by atoms with van der Waals surface area (Å²) < 4.78 is 52.6. The number of aromatic nitrogens is 1. The molecule has 200 valence electrons. The van der Waals surface area contributed by atoms with Crippen molar-refractivity contribution in [3.63, 3.8) is 0 Å². The third-order valence-corrected chi connectivity index (χ3v) is 6.81. The summed E-state index contributed by atoms with van der Waals surface area (Å²) in [5.41, 5.74) is 2.90. The van der Waals surface area contributed by atoms with Gasteiger partial charge in [-0.05, 0) is 53.3 Å². The minimum atomic E-state index is -4.54. The highest BCUT2D eigenvalue weighted by molar-refractivity contribution is 5.88. The highest BCUT2D eigenvalue weighted by Gasteiger charge is 2.36. The third-order valence-electron chi connectivity index (χ3n) is 6.81. The molecule has 0 saturated heterocycles. The average Bonchev–Trinajstić information content (AvgIpc) is 3.35. The lowest BCUT2D eigenvalue weighted by Crippen LogP contribution is -2.28. The first-order valence-corrected chi connectivity index (χ1v) is 12.5. The van der Waals surface area contributed by atoms with Crippen LogP contribution in [-0.2, 0) is 23.8 Å². The summed E-state index contributed by atoms with van der Waals surface area (Å²) in [6.07, 6.45) is -1.62. The lowest BCUT2D eigenvalue weighted by molar-refractivity contribution is -0.138. The number of carbonyl (C=O) groups excluding carboxylic acids is 1. The van der Waals surface area contributed by atoms with Crippen LogP contribution in [-0.4, -0.2) is 31.7 Å². The fraction of sp³-hybridized carbons (Fsp3) is 0.300. The SMILES string of the molecule is CCc1cccc2c(C(CC(=O)NCCc3ccc(OC)c(OC)c3)c3ccccc3C(F)(F)F)c[nH]c12. The molecule has 1 heterocycles. The van der Waals surface area contributed by atoms with Crippen molar-refractivity contribution in [3.05, 3.63) is 94.7 Å². The summed E-state index contributed by atoms with van der Waals surface area (Å²) >= 11 is 0. The minimum absolute atomic E-state index is 0.0813. The van der Waals surface area contributed by atoms with E-state index >= 15 is 0 Å². The van der Waals surface area contributed by atoms with E-state index < -0.39 is 17.7 Å². The number of carbonyl (C=O) groups is 1. The van der Waals surface area contributed by atoms with E-state index in [1.165, 1.54) is 12.1 Å². The summed E-state index contributed by atoms with van der Waals surface area (Å²) in [6.45, 7) is 2.35. The molecule has 0 saturated carbocycles. The Hall–Kier alpha value is -3.94. The van der Waals surface area contributed by atoms with E-state index in [0.717, 1.165) is 34.5 Å². The van der Waals surface area contributed by atoms with Gasteiger partial charge in [-0.15, -0.1) is 0 Å². The molecule has 1 aromatic heterocycles. The van der Waals surface area contributed by atoms with Gasteiger partial charge < -0.3 is 19.8 Å². The zero-order valence-corrected chi connectivity index (χ0v) is 21.6. The number of fused-ring (bicyclic) bond motifs is 1. The third kappa shape index (κ3) is 5.79. The van der Waals surface area contributed by atoms with Crippen LogP contribution in [0.2, 0.25) is 0 Å². The Morgan fingerprint density at radius 2 is 1.74 bits per heavy atom. The monoisotopic (exact) mass is 524 g/mol. The number of aromatic amines is 1. The first-order valence-electron chi connectivity index (χ1n) is 12.5. The van der Waals surface area contributed by atoms with Crippen LogP contribution < -0.4 is 14.8 Å². The number of halogens is 3. The second kappa shape index (κ2) is 11.6. The summed E-state index contributed by atoms with van der Waals surface area (Å²) in [4.78, 5) is 16.3. The Labute approximate surface area is 220 Å². The Morgan fingerprint density at radius 1 is 0.974 bits per heavy atom. The quantitative estimate of drug-likeness (QED) is 0.244. The van der Waals surface area contributed by atoms with Crippen LogP contribution in [0.25, 0.3) is 10.9 Å². The summed E-state index contributed by atoms with van der Waals surface area (Å²) in [5, 5.41) is 3.71. The molecule has 0 aliphatic heterocycles. The maximum Gasteiger partial charge on any atom is 0.416 e. The number of alkyl halides is 3. The van der Waals surface area contributed by atoms with Gasteiger partial charge in [0.1, 0.15) is 0 Å². The molecule has 5 nitrogen and oxygen atoms in total. The summed E-state index contributed by atoms with van der Waals surface area (Å²) in [6, 6.07) is 16.8. The molecule has 4 aromatic rings. The Balaban J connectivity index is 1.60. The van der Waals surface area contributed by atoms with Crippen LogP contribution in [0.5, 0.6) is 11.5 Å². The lowest BCUT2D eigenvalue weighted by Gasteiger charge is -2.22. The van der Waals surface area contributed by atoms with E-state index in [4.69, 9.17) is 9.47 Å². The van der Waals surface area contributed by atoms with Crippen molar-refractivity contribution in [1.82, 2.24) is 10.3 Å². The van der Waals surface area contributed by atoms with Crippen molar-refractivity contribution in [2.75, 3.05) is 20.8 Å². The van der Waals surface area contributed by atoms with Gasteiger partial charge in [0, 0.05) is 36.0 Å². The Bertz CT molecular complexity index is 1410. The molecule has 4 rings (SSSR count). The zero-order chi connectivity index (χ0) is 27.3. The highest BCUT2D eigenvalue weighted by Crippen LogP contribution is 2.41. The summed E-state index contributed by atoms with van der Waals surface area (Å²) in [7, 11) is 3.11. The van der Waals surface area contributed by atoms with Crippen LogP contribution in [0.4, 0.5) is 13.2 Å². The van der Waals surface area contributed by atoms with E-state index in [2.05, 4.69) is 10.3 Å². The van der Waals surface area contributed by atoms with E-state index in [1.807, 2.05) is 37.3 Å². The second-order valence-electron chi connectivity index (χ2n) is 9.07. The number of hydrogen-bond donors (Lipinski definition) is 2. The predicted octanol–water partition coefficient (Wildman–Crippen LogP) is 6.65. The first kappa shape index (κ1) is 27.1. The molecule has 0 radical (unpaired) electrons. The molecule has 0 fully saturated rings. The van der Waals surface area contributed by atoms with Crippen LogP contribution in [0.1, 0.15) is 47.1 Å². The second-order valence-corrected chi connectivity index (χ2v) is 9.07. The van der Waals surface area contributed by atoms with Crippen LogP contribution in [0, 0.1) is 0 Å². The smallest absolute Gasteiger partial charge is 0.416 e. The van der Waals surface area contributed by atoms with Gasteiger partial charge in [-0.3, -0.25) is 4.79 Å². The van der Waals surface area contributed by atoms with E-state index in [1.54, 1.807) is 32.5 Å². The molecule has 0 spiro atoms. The van der Waals surface area contributed by atoms with Crippen molar-refractivity contribution in [1.29, 1.82) is 0 Å².